The first-order valence-corrected chi connectivity index (χ1v) is 7.41. The second-order valence-electron chi connectivity index (χ2n) is 5.90. The summed E-state index contributed by atoms with van der Waals surface area (Å²) in [5, 5.41) is 0. The number of rotatable bonds is 4. The van der Waals surface area contributed by atoms with Crippen LogP contribution in [0.3, 0.4) is 0 Å². The molecule has 0 aliphatic carbocycles. The van der Waals surface area contributed by atoms with E-state index in [2.05, 4.69) is 14.9 Å². The molecule has 1 saturated heterocycles. The molecule has 1 fully saturated rings. The lowest BCUT2D eigenvalue weighted by Gasteiger charge is -2.42. The van der Waals surface area contributed by atoms with E-state index in [0.29, 0.717) is 24.3 Å². The Morgan fingerprint density at radius 2 is 2.30 bits per heavy atom. The van der Waals surface area contributed by atoms with Gasteiger partial charge in [-0.3, -0.25) is 0 Å². The van der Waals surface area contributed by atoms with Crippen LogP contribution in [-0.4, -0.2) is 46.7 Å². The minimum atomic E-state index is -0.268. The van der Waals surface area contributed by atoms with Gasteiger partial charge in [-0.2, -0.15) is 4.98 Å². The Morgan fingerprint density at radius 3 is 2.95 bits per heavy atom. The number of alkyl halides is 1. The van der Waals surface area contributed by atoms with Crippen LogP contribution in [0.2, 0.25) is 0 Å². The molecule has 0 radical (unpaired) electrons. The molecule has 0 aromatic carbocycles. The average Bonchev–Trinajstić information content (AvgIpc) is 2.36. The summed E-state index contributed by atoms with van der Waals surface area (Å²) in [6.45, 7) is 9.47. The molecule has 0 saturated carbocycles. The summed E-state index contributed by atoms with van der Waals surface area (Å²) >= 11 is 5.94. The highest BCUT2D eigenvalue weighted by molar-refractivity contribution is 6.18. The number of aromatic nitrogens is 2. The fourth-order valence-corrected chi connectivity index (χ4v) is 2.48. The predicted molar refractivity (Wildman–Crippen MR) is 79.7 cm³/mol. The maximum absolute atomic E-state index is 5.94. The molecule has 112 valence electrons. The van der Waals surface area contributed by atoms with Crippen LogP contribution in [-0.2, 0) is 4.74 Å². The first kappa shape index (κ1) is 15.3. The number of ether oxygens (including phenoxy) is 2. The quantitative estimate of drug-likeness (QED) is 0.799. The minimum Gasteiger partial charge on any atom is -0.475 e. The van der Waals surface area contributed by atoms with E-state index in [1.54, 1.807) is 12.3 Å². The molecule has 2 heterocycles. The summed E-state index contributed by atoms with van der Waals surface area (Å²) in [5.74, 6) is 1.72. The maximum atomic E-state index is 5.94. The van der Waals surface area contributed by atoms with Crippen LogP contribution >= 0.6 is 11.6 Å². The van der Waals surface area contributed by atoms with E-state index in [9.17, 15) is 0 Å². The molecule has 20 heavy (non-hydrogen) atoms. The molecular weight excluding hydrogens is 278 g/mol. The van der Waals surface area contributed by atoms with Crippen LogP contribution in [0.15, 0.2) is 12.3 Å². The number of anilines is 1. The van der Waals surface area contributed by atoms with Crippen molar-refractivity contribution >= 4 is 17.5 Å². The molecular formula is C14H22ClN3O2. The van der Waals surface area contributed by atoms with Crippen molar-refractivity contribution in [2.45, 2.75) is 45.5 Å². The zero-order valence-electron chi connectivity index (χ0n) is 12.5. The molecule has 1 aliphatic rings. The van der Waals surface area contributed by atoms with Gasteiger partial charge in [0.05, 0.1) is 23.7 Å². The molecule has 5 nitrogen and oxygen atoms in total. The number of morpholine rings is 1. The molecule has 0 amide bonds. The summed E-state index contributed by atoms with van der Waals surface area (Å²) in [6.07, 6.45) is 1.80. The van der Waals surface area contributed by atoms with Crippen LogP contribution in [0.25, 0.3) is 0 Å². The number of hydrogen-bond acceptors (Lipinski definition) is 5. The molecule has 1 atom stereocenters. The fraction of sp³-hybridized carbons (Fsp3) is 0.714. The van der Waals surface area contributed by atoms with E-state index < -0.39 is 0 Å². The van der Waals surface area contributed by atoms with Gasteiger partial charge in [0.15, 0.2) is 0 Å². The summed E-state index contributed by atoms with van der Waals surface area (Å²) in [7, 11) is 0. The van der Waals surface area contributed by atoms with E-state index in [1.165, 1.54) is 0 Å². The third kappa shape index (κ3) is 3.96. The molecule has 1 aromatic rings. The lowest BCUT2D eigenvalue weighted by atomic mass is 10.1. The zero-order chi connectivity index (χ0) is 14.8. The van der Waals surface area contributed by atoms with Gasteiger partial charge in [0.1, 0.15) is 0 Å². The van der Waals surface area contributed by atoms with Crippen molar-refractivity contribution in [1.82, 2.24) is 9.97 Å². The normalized spacial score (nSPS) is 22.1. The summed E-state index contributed by atoms with van der Waals surface area (Å²) in [5.41, 5.74) is -0.268. The zero-order valence-corrected chi connectivity index (χ0v) is 13.2. The van der Waals surface area contributed by atoms with Crippen LogP contribution < -0.4 is 9.64 Å². The van der Waals surface area contributed by atoms with Gasteiger partial charge in [0.2, 0.25) is 11.8 Å². The fourth-order valence-electron chi connectivity index (χ4n) is 2.32. The van der Waals surface area contributed by atoms with E-state index >= 15 is 0 Å². The maximum Gasteiger partial charge on any atom is 0.228 e. The molecule has 1 aromatic heterocycles. The third-order valence-corrected chi connectivity index (χ3v) is 3.25. The lowest BCUT2D eigenvalue weighted by molar-refractivity contribution is -0.0738. The molecule has 1 unspecified atom stereocenters. The second-order valence-corrected chi connectivity index (χ2v) is 6.20. The van der Waals surface area contributed by atoms with E-state index in [4.69, 9.17) is 21.1 Å². The summed E-state index contributed by atoms with van der Waals surface area (Å²) in [4.78, 5) is 10.9. The number of nitrogens with zero attached hydrogens (tertiary/aromatic N) is 3. The van der Waals surface area contributed by atoms with Gasteiger partial charge in [0.25, 0.3) is 0 Å². The van der Waals surface area contributed by atoms with Gasteiger partial charge in [-0.1, -0.05) is 0 Å². The molecule has 2 rings (SSSR count). The second kappa shape index (κ2) is 6.14. The van der Waals surface area contributed by atoms with Gasteiger partial charge >= 0.3 is 0 Å². The lowest BCUT2D eigenvalue weighted by Crippen LogP contribution is -2.54. The van der Waals surface area contributed by atoms with Gasteiger partial charge in [-0.25, -0.2) is 4.98 Å². The molecule has 0 spiro atoms. The van der Waals surface area contributed by atoms with Crippen molar-refractivity contribution in [3.05, 3.63) is 12.3 Å². The average molecular weight is 300 g/mol. The van der Waals surface area contributed by atoms with Crippen molar-refractivity contribution in [1.29, 1.82) is 0 Å². The first-order valence-electron chi connectivity index (χ1n) is 6.88. The van der Waals surface area contributed by atoms with Gasteiger partial charge in [-0.05, 0) is 27.7 Å². The molecule has 0 bridgehead atoms. The van der Waals surface area contributed by atoms with Crippen LogP contribution in [0, 0.1) is 0 Å². The smallest absolute Gasteiger partial charge is 0.228 e. The van der Waals surface area contributed by atoms with Crippen molar-refractivity contribution in [3.8, 4) is 5.88 Å². The van der Waals surface area contributed by atoms with Crippen molar-refractivity contribution in [3.63, 3.8) is 0 Å². The Hall–Kier alpha value is -1.07. The Morgan fingerprint density at radius 1 is 1.55 bits per heavy atom. The third-order valence-electron chi connectivity index (χ3n) is 2.91. The SMILES string of the molecule is CC(C)Oc1ccnc(N2CC(CCl)OC(C)(C)C2)n1. The largest absolute Gasteiger partial charge is 0.475 e. The van der Waals surface area contributed by atoms with Gasteiger partial charge < -0.3 is 14.4 Å². The van der Waals surface area contributed by atoms with Crippen molar-refractivity contribution < 1.29 is 9.47 Å². The van der Waals surface area contributed by atoms with E-state index in [-0.39, 0.29) is 17.8 Å². The first-order chi connectivity index (χ1) is 9.39. The Kier molecular flexibility index (Phi) is 4.70. The highest BCUT2D eigenvalue weighted by Crippen LogP contribution is 2.25. The van der Waals surface area contributed by atoms with Crippen LogP contribution in [0.5, 0.6) is 5.88 Å². The summed E-state index contributed by atoms with van der Waals surface area (Å²) < 4.78 is 11.5. The van der Waals surface area contributed by atoms with Crippen LogP contribution in [0.1, 0.15) is 27.7 Å². The van der Waals surface area contributed by atoms with E-state index in [0.717, 1.165) is 6.54 Å². The Labute approximate surface area is 125 Å². The minimum absolute atomic E-state index is 0.0151. The van der Waals surface area contributed by atoms with Gasteiger partial charge in [-0.15, -0.1) is 11.6 Å². The molecule has 6 heteroatoms. The van der Waals surface area contributed by atoms with Crippen molar-refractivity contribution in [2.75, 3.05) is 23.9 Å². The Bertz CT molecular complexity index is 454. The highest BCUT2D eigenvalue weighted by atomic mass is 35.5. The highest BCUT2D eigenvalue weighted by Gasteiger charge is 2.34. The van der Waals surface area contributed by atoms with Crippen molar-refractivity contribution in [2.24, 2.45) is 0 Å². The number of halogens is 1. The van der Waals surface area contributed by atoms with Crippen LogP contribution in [0.4, 0.5) is 5.95 Å². The van der Waals surface area contributed by atoms with Gasteiger partial charge in [0, 0.05) is 25.4 Å². The number of hydrogen-bond donors (Lipinski definition) is 0. The Balaban J connectivity index is 2.17. The summed E-state index contributed by atoms with van der Waals surface area (Å²) in [6, 6.07) is 1.77. The molecule has 0 N–H and O–H groups in total. The molecule has 1 aliphatic heterocycles. The monoisotopic (exact) mass is 299 g/mol. The standard InChI is InChI=1S/C14H22ClN3O2/c1-10(2)19-12-5-6-16-13(17-12)18-8-11(7-15)20-14(3,4)9-18/h5-6,10-11H,7-9H2,1-4H3. The topological polar surface area (TPSA) is 47.5 Å². The predicted octanol–water partition coefficient (Wildman–Crippen LogP) is 2.49. The van der Waals surface area contributed by atoms with E-state index in [1.807, 2.05) is 27.7 Å².